The van der Waals surface area contributed by atoms with Crippen LogP contribution in [0.5, 0.6) is 11.8 Å². The Kier molecular flexibility index (Phi) is 6.81. The highest BCUT2D eigenvalue weighted by Crippen LogP contribution is 2.30. The fraction of sp³-hybridized carbons (Fsp3) is 0.227. The molecular weight excluding hydrogens is 491 g/mol. The van der Waals surface area contributed by atoms with E-state index in [4.69, 9.17) is 39.5 Å². The van der Waals surface area contributed by atoms with Gasteiger partial charge >= 0.3 is 11.7 Å². The van der Waals surface area contributed by atoms with Gasteiger partial charge in [-0.2, -0.15) is 4.98 Å². The number of benzene rings is 2. The van der Waals surface area contributed by atoms with Crippen molar-refractivity contribution < 1.29 is 9.84 Å². The van der Waals surface area contributed by atoms with E-state index in [1.54, 1.807) is 28.8 Å². The Labute approximate surface area is 203 Å². The fourth-order valence-electron chi connectivity index (χ4n) is 3.42. The first kappa shape index (κ1) is 23.4. The van der Waals surface area contributed by atoms with E-state index < -0.39 is 11.2 Å². The molecule has 0 aliphatic heterocycles. The predicted octanol–water partition coefficient (Wildman–Crippen LogP) is 4.08. The Morgan fingerprint density at radius 3 is 2.39 bits per heavy atom. The molecule has 4 rings (SSSR count). The normalized spacial score (nSPS) is 11.3. The number of hydrogen-bond acceptors (Lipinski definition) is 5. The molecule has 0 unspecified atom stereocenters. The van der Waals surface area contributed by atoms with Crippen molar-refractivity contribution >= 4 is 46.0 Å². The van der Waals surface area contributed by atoms with Gasteiger partial charge in [-0.25, -0.2) is 4.79 Å². The molecule has 0 atom stereocenters. The van der Waals surface area contributed by atoms with Crippen LogP contribution in [-0.2, 0) is 20.1 Å². The van der Waals surface area contributed by atoms with Crippen LogP contribution in [0.4, 0.5) is 0 Å². The molecule has 33 heavy (non-hydrogen) atoms. The highest BCUT2D eigenvalue weighted by atomic mass is 35.5. The average Bonchev–Trinajstić information content (AvgIpc) is 3.14. The van der Waals surface area contributed by atoms with Gasteiger partial charge in [0.15, 0.2) is 11.2 Å². The molecule has 8 nitrogen and oxygen atoms in total. The summed E-state index contributed by atoms with van der Waals surface area (Å²) in [4.78, 5) is 30.6. The quantitative estimate of drug-likeness (QED) is 0.405. The number of nitrogens with zero attached hydrogens (tertiary/aromatic N) is 4. The monoisotopic (exact) mass is 508 g/mol. The summed E-state index contributed by atoms with van der Waals surface area (Å²) in [5, 5.41) is 10.4. The second-order valence-electron chi connectivity index (χ2n) is 7.33. The number of fused-ring (bicyclic) bond motifs is 1. The number of aliphatic hydroxyl groups excluding tert-OH is 1. The minimum absolute atomic E-state index is 0.0764. The number of imidazole rings is 1. The number of halogens is 3. The van der Waals surface area contributed by atoms with Gasteiger partial charge < -0.3 is 9.84 Å². The van der Waals surface area contributed by atoms with Crippen LogP contribution >= 0.6 is 34.8 Å². The zero-order valence-corrected chi connectivity index (χ0v) is 19.7. The Bertz CT molecular complexity index is 1440. The molecule has 0 saturated carbocycles. The summed E-state index contributed by atoms with van der Waals surface area (Å²) >= 11 is 18.1. The summed E-state index contributed by atoms with van der Waals surface area (Å²) in [6.07, 6.45) is 0.263. The van der Waals surface area contributed by atoms with Gasteiger partial charge in [0.2, 0.25) is 0 Å². The summed E-state index contributed by atoms with van der Waals surface area (Å²) in [7, 11) is 1.53. The van der Waals surface area contributed by atoms with Crippen molar-refractivity contribution in [1.29, 1.82) is 0 Å². The van der Waals surface area contributed by atoms with Crippen LogP contribution < -0.4 is 16.0 Å². The lowest BCUT2D eigenvalue weighted by molar-refractivity contribution is 0.277. The van der Waals surface area contributed by atoms with E-state index in [0.29, 0.717) is 20.8 Å². The minimum Gasteiger partial charge on any atom is -0.425 e. The van der Waals surface area contributed by atoms with Gasteiger partial charge in [-0.15, -0.1) is 0 Å². The number of hydrogen-bond donors (Lipinski definition) is 1. The van der Waals surface area contributed by atoms with Gasteiger partial charge in [0.1, 0.15) is 5.75 Å². The van der Waals surface area contributed by atoms with E-state index in [9.17, 15) is 14.7 Å². The molecule has 2 aromatic carbocycles. The van der Waals surface area contributed by atoms with Gasteiger partial charge in [0.05, 0.1) is 16.6 Å². The Morgan fingerprint density at radius 2 is 1.73 bits per heavy atom. The van der Waals surface area contributed by atoms with Crippen molar-refractivity contribution in [1.82, 2.24) is 18.7 Å². The van der Waals surface area contributed by atoms with Crippen molar-refractivity contribution in [2.45, 2.75) is 19.5 Å². The molecule has 0 spiro atoms. The van der Waals surface area contributed by atoms with Gasteiger partial charge in [0.25, 0.3) is 5.56 Å². The summed E-state index contributed by atoms with van der Waals surface area (Å²) in [6.45, 7) is 0.161. The van der Waals surface area contributed by atoms with E-state index in [0.717, 1.165) is 10.1 Å². The summed E-state index contributed by atoms with van der Waals surface area (Å²) in [6, 6.07) is 12.0. The van der Waals surface area contributed by atoms with E-state index >= 15 is 0 Å². The first-order chi connectivity index (χ1) is 15.8. The maximum atomic E-state index is 13.3. The van der Waals surface area contributed by atoms with Gasteiger partial charge in [-0.1, -0.05) is 46.9 Å². The van der Waals surface area contributed by atoms with Crippen LogP contribution in [-0.4, -0.2) is 30.4 Å². The van der Waals surface area contributed by atoms with Gasteiger partial charge in [-0.05, 0) is 36.2 Å². The lowest BCUT2D eigenvalue weighted by atomic mass is 10.2. The van der Waals surface area contributed by atoms with E-state index in [-0.39, 0.29) is 43.3 Å². The van der Waals surface area contributed by atoms with Crippen LogP contribution in [0.1, 0.15) is 12.0 Å². The third-order valence-corrected chi connectivity index (χ3v) is 6.08. The Morgan fingerprint density at radius 1 is 1.00 bits per heavy atom. The second-order valence-corrected chi connectivity index (χ2v) is 8.58. The highest BCUT2D eigenvalue weighted by molar-refractivity contribution is 6.42. The third kappa shape index (κ3) is 4.65. The standard InChI is InChI=1S/C22H19Cl3N4O4/c1-27-19-18(20(31)28(22(27)32)9-2-10-30)29(12-13-3-5-14(23)6-4-13)21(26-19)33-15-7-8-16(24)17(25)11-15/h3-8,11,30H,2,9-10,12H2,1H3. The molecule has 0 fully saturated rings. The summed E-state index contributed by atoms with van der Waals surface area (Å²) in [5.74, 6) is 0.364. The fourth-order valence-corrected chi connectivity index (χ4v) is 3.83. The molecule has 2 heterocycles. The predicted molar refractivity (Wildman–Crippen MR) is 128 cm³/mol. The molecule has 4 aromatic rings. The third-order valence-electron chi connectivity index (χ3n) is 5.09. The first-order valence-electron chi connectivity index (χ1n) is 9.98. The molecule has 0 radical (unpaired) electrons. The highest BCUT2D eigenvalue weighted by Gasteiger charge is 2.22. The largest absolute Gasteiger partial charge is 0.425 e. The molecule has 0 saturated heterocycles. The lowest BCUT2D eigenvalue weighted by Crippen LogP contribution is -2.39. The molecule has 0 aliphatic rings. The Balaban J connectivity index is 1.93. The minimum atomic E-state index is -0.529. The molecule has 1 N–H and O–H groups in total. The molecule has 0 bridgehead atoms. The topological polar surface area (TPSA) is 91.3 Å². The van der Waals surface area contributed by atoms with E-state index in [1.165, 1.54) is 17.7 Å². The van der Waals surface area contributed by atoms with Crippen molar-refractivity contribution in [3.05, 3.63) is 83.9 Å². The molecule has 2 aromatic heterocycles. The average molecular weight is 510 g/mol. The lowest BCUT2D eigenvalue weighted by Gasteiger charge is -2.11. The second kappa shape index (κ2) is 9.61. The van der Waals surface area contributed by atoms with E-state index in [2.05, 4.69) is 4.98 Å². The summed E-state index contributed by atoms with van der Waals surface area (Å²) in [5.41, 5.74) is 0.160. The molecular formula is C22H19Cl3N4O4. The number of rotatable bonds is 7. The number of ether oxygens (including phenoxy) is 1. The number of aromatic nitrogens is 4. The molecule has 0 amide bonds. The van der Waals surface area contributed by atoms with E-state index in [1.807, 2.05) is 12.1 Å². The number of aliphatic hydroxyl groups is 1. The van der Waals surface area contributed by atoms with Gasteiger partial charge in [0, 0.05) is 31.3 Å². The summed E-state index contributed by atoms with van der Waals surface area (Å²) < 4.78 is 9.94. The van der Waals surface area contributed by atoms with Crippen LogP contribution in [0, 0.1) is 0 Å². The van der Waals surface area contributed by atoms with Crippen LogP contribution in [0.3, 0.4) is 0 Å². The molecule has 0 aliphatic carbocycles. The molecule has 172 valence electrons. The van der Waals surface area contributed by atoms with Crippen molar-refractivity contribution in [3.63, 3.8) is 0 Å². The van der Waals surface area contributed by atoms with Crippen molar-refractivity contribution in [2.75, 3.05) is 6.61 Å². The SMILES string of the molecule is Cn1c(=O)n(CCCO)c(=O)c2c1nc(Oc1ccc(Cl)c(Cl)c1)n2Cc1ccc(Cl)cc1. The van der Waals surface area contributed by atoms with Crippen molar-refractivity contribution in [2.24, 2.45) is 7.05 Å². The zero-order chi connectivity index (χ0) is 23.7. The molecule has 11 heteroatoms. The smallest absolute Gasteiger partial charge is 0.332 e. The number of aryl methyl sites for hydroxylation is 1. The zero-order valence-electron chi connectivity index (χ0n) is 17.5. The van der Waals surface area contributed by atoms with Crippen LogP contribution in [0.2, 0.25) is 15.1 Å². The maximum Gasteiger partial charge on any atom is 0.332 e. The Hall–Kier alpha value is -2.78. The van der Waals surface area contributed by atoms with Crippen LogP contribution in [0.25, 0.3) is 11.2 Å². The van der Waals surface area contributed by atoms with Crippen LogP contribution in [0.15, 0.2) is 52.1 Å². The maximum absolute atomic E-state index is 13.3. The van der Waals surface area contributed by atoms with Gasteiger partial charge in [-0.3, -0.25) is 18.5 Å². The van der Waals surface area contributed by atoms with Crippen molar-refractivity contribution in [3.8, 4) is 11.8 Å². The first-order valence-corrected chi connectivity index (χ1v) is 11.1.